The molecule has 0 aliphatic rings. The van der Waals surface area contributed by atoms with Gasteiger partial charge in [-0.25, -0.2) is 0 Å². The Kier molecular flexibility index (Phi) is 6.73. The first-order valence-corrected chi connectivity index (χ1v) is 6.55. The fourth-order valence-corrected chi connectivity index (χ4v) is 1.96. The Morgan fingerprint density at radius 3 is 2.24 bits per heavy atom. The minimum Gasteiger partial charge on any atom is -0.355 e. The van der Waals surface area contributed by atoms with Crippen molar-refractivity contribution in [1.29, 1.82) is 0 Å². The molecule has 1 rings (SSSR count). The minimum absolute atomic E-state index is 0.195. The van der Waals surface area contributed by atoms with E-state index in [2.05, 4.69) is 52.4 Å². The van der Waals surface area contributed by atoms with Crippen LogP contribution in [-0.2, 0) is 9.47 Å². The molecule has 1 aromatic rings. The van der Waals surface area contributed by atoms with Gasteiger partial charge in [-0.2, -0.15) is 0 Å². The van der Waals surface area contributed by atoms with Gasteiger partial charge in [0.1, 0.15) is 0 Å². The zero-order valence-electron chi connectivity index (χ0n) is 10.6. The average Bonchev–Trinajstić information content (AvgIpc) is 2.36. The van der Waals surface area contributed by atoms with Crippen LogP contribution >= 0.6 is 15.9 Å². The standard InChI is InChI=1S/C13H20BrNO2/c1-4-12(15-9-13(16-2)17-3)10-5-7-11(14)8-6-10/h5-8,12-13,15H,4,9H2,1-3H3. The first-order valence-electron chi connectivity index (χ1n) is 5.75. The molecular weight excluding hydrogens is 282 g/mol. The molecule has 4 heteroatoms. The van der Waals surface area contributed by atoms with E-state index in [1.54, 1.807) is 14.2 Å². The lowest BCUT2D eigenvalue weighted by atomic mass is 10.0. The van der Waals surface area contributed by atoms with Gasteiger partial charge in [0.2, 0.25) is 0 Å². The topological polar surface area (TPSA) is 30.5 Å². The van der Waals surface area contributed by atoms with Crippen molar-refractivity contribution in [3.05, 3.63) is 34.3 Å². The van der Waals surface area contributed by atoms with E-state index < -0.39 is 0 Å². The number of rotatable bonds is 7. The zero-order chi connectivity index (χ0) is 12.7. The number of methoxy groups -OCH3 is 2. The molecule has 1 N–H and O–H groups in total. The second-order valence-electron chi connectivity index (χ2n) is 3.82. The number of nitrogens with one attached hydrogen (secondary N) is 1. The Labute approximate surface area is 112 Å². The summed E-state index contributed by atoms with van der Waals surface area (Å²) in [6.07, 6.45) is 0.835. The third-order valence-electron chi connectivity index (χ3n) is 2.74. The van der Waals surface area contributed by atoms with Crippen LogP contribution in [0.15, 0.2) is 28.7 Å². The Bertz CT molecular complexity index is 312. The second kappa shape index (κ2) is 7.82. The molecule has 0 fully saturated rings. The van der Waals surface area contributed by atoms with Gasteiger partial charge in [0.25, 0.3) is 0 Å². The van der Waals surface area contributed by atoms with Crippen molar-refractivity contribution in [2.24, 2.45) is 0 Å². The summed E-state index contributed by atoms with van der Waals surface area (Å²) in [7, 11) is 3.30. The van der Waals surface area contributed by atoms with E-state index >= 15 is 0 Å². The molecule has 1 unspecified atom stereocenters. The molecule has 17 heavy (non-hydrogen) atoms. The number of ether oxygens (including phenoxy) is 2. The lowest BCUT2D eigenvalue weighted by Gasteiger charge is -2.21. The minimum atomic E-state index is -0.195. The maximum absolute atomic E-state index is 5.16. The van der Waals surface area contributed by atoms with Crippen LogP contribution < -0.4 is 5.32 Å². The quantitative estimate of drug-likeness (QED) is 0.785. The lowest BCUT2D eigenvalue weighted by Crippen LogP contribution is -2.32. The molecule has 0 radical (unpaired) electrons. The molecule has 0 aromatic heterocycles. The molecule has 0 spiro atoms. The molecular formula is C13H20BrNO2. The summed E-state index contributed by atoms with van der Waals surface area (Å²) < 4.78 is 11.4. The van der Waals surface area contributed by atoms with E-state index in [0.717, 1.165) is 10.9 Å². The summed E-state index contributed by atoms with van der Waals surface area (Å²) in [5, 5.41) is 3.44. The van der Waals surface area contributed by atoms with Crippen molar-refractivity contribution in [3.63, 3.8) is 0 Å². The van der Waals surface area contributed by atoms with E-state index in [1.165, 1.54) is 5.56 Å². The summed E-state index contributed by atoms with van der Waals surface area (Å²) in [4.78, 5) is 0. The molecule has 1 atom stereocenters. The van der Waals surface area contributed by atoms with Gasteiger partial charge in [-0.05, 0) is 24.1 Å². The van der Waals surface area contributed by atoms with Crippen molar-refractivity contribution in [1.82, 2.24) is 5.32 Å². The summed E-state index contributed by atoms with van der Waals surface area (Å²) in [6, 6.07) is 8.70. The summed E-state index contributed by atoms with van der Waals surface area (Å²) in [6.45, 7) is 2.84. The Morgan fingerprint density at radius 2 is 1.76 bits per heavy atom. The van der Waals surface area contributed by atoms with Gasteiger partial charge in [0.05, 0.1) is 0 Å². The molecule has 0 aliphatic carbocycles. The zero-order valence-corrected chi connectivity index (χ0v) is 12.2. The number of benzene rings is 1. The highest BCUT2D eigenvalue weighted by Crippen LogP contribution is 2.19. The Balaban J connectivity index is 2.56. The van der Waals surface area contributed by atoms with Crippen molar-refractivity contribution < 1.29 is 9.47 Å². The van der Waals surface area contributed by atoms with Gasteiger partial charge in [-0.1, -0.05) is 35.0 Å². The van der Waals surface area contributed by atoms with E-state index in [1.807, 2.05) is 0 Å². The van der Waals surface area contributed by atoms with Crippen LogP contribution in [0.2, 0.25) is 0 Å². The van der Waals surface area contributed by atoms with Gasteiger partial charge in [-0.3, -0.25) is 0 Å². The molecule has 96 valence electrons. The predicted octanol–water partition coefficient (Wildman–Crippen LogP) is 3.11. The van der Waals surface area contributed by atoms with Crippen LogP contribution in [0.3, 0.4) is 0 Å². The van der Waals surface area contributed by atoms with Crippen LogP contribution in [0.25, 0.3) is 0 Å². The van der Waals surface area contributed by atoms with Crippen LogP contribution in [0.5, 0.6) is 0 Å². The second-order valence-corrected chi connectivity index (χ2v) is 4.74. The van der Waals surface area contributed by atoms with Crippen LogP contribution in [0.1, 0.15) is 24.9 Å². The lowest BCUT2D eigenvalue weighted by molar-refractivity contribution is -0.0999. The predicted molar refractivity (Wildman–Crippen MR) is 73.0 cm³/mol. The third kappa shape index (κ3) is 4.76. The highest BCUT2D eigenvalue weighted by Gasteiger charge is 2.11. The summed E-state index contributed by atoms with van der Waals surface area (Å²) in [5.74, 6) is 0. The van der Waals surface area contributed by atoms with Crippen LogP contribution in [0.4, 0.5) is 0 Å². The van der Waals surface area contributed by atoms with Gasteiger partial charge < -0.3 is 14.8 Å². The molecule has 0 amide bonds. The average molecular weight is 302 g/mol. The fourth-order valence-electron chi connectivity index (χ4n) is 1.69. The third-order valence-corrected chi connectivity index (χ3v) is 3.27. The van der Waals surface area contributed by atoms with Crippen molar-refractivity contribution in [2.75, 3.05) is 20.8 Å². The highest BCUT2D eigenvalue weighted by molar-refractivity contribution is 9.10. The molecule has 1 aromatic carbocycles. The summed E-state index contributed by atoms with van der Waals surface area (Å²) in [5.41, 5.74) is 1.28. The molecule has 0 aliphatic heterocycles. The number of hydrogen-bond donors (Lipinski definition) is 1. The maximum Gasteiger partial charge on any atom is 0.169 e. The van der Waals surface area contributed by atoms with Crippen molar-refractivity contribution in [3.8, 4) is 0 Å². The van der Waals surface area contributed by atoms with Crippen LogP contribution in [0, 0.1) is 0 Å². The van der Waals surface area contributed by atoms with Gasteiger partial charge in [0, 0.05) is 31.3 Å². The van der Waals surface area contributed by atoms with E-state index in [0.29, 0.717) is 12.6 Å². The van der Waals surface area contributed by atoms with E-state index in [-0.39, 0.29) is 6.29 Å². The smallest absolute Gasteiger partial charge is 0.169 e. The first-order chi connectivity index (χ1) is 8.21. The number of hydrogen-bond acceptors (Lipinski definition) is 3. The monoisotopic (exact) mass is 301 g/mol. The fraction of sp³-hybridized carbons (Fsp3) is 0.538. The van der Waals surface area contributed by atoms with E-state index in [9.17, 15) is 0 Å². The first kappa shape index (κ1) is 14.6. The normalized spacial score (nSPS) is 13.0. The van der Waals surface area contributed by atoms with Crippen molar-refractivity contribution in [2.45, 2.75) is 25.7 Å². The van der Waals surface area contributed by atoms with Gasteiger partial charge >= 0.3 is 0 Å². The Hall–Kier alpha value is -0.420. The summed E-state index contributed by atoms with van der Waals surface area (Å²) >= 11 is 3.44. The van der Waals surface area contributed by atoms with Crippen molar-refractivity contribution >= 4 is 15.9 Å². The molecule has 0 heterocycles. The SMILES string of the molecule is CCC(NCC(OC)OC)c1ccc(Br)cc1. The maximum atomic E-state index is 5.16. The molecule has 0 saturated carbocycles. The largest absolute Gasteiger partial charge is 0.355 e. The van der Waals surface area contributed by atoms with E-state index in [4.69, 9.17) is 9.47 Å². The highest BCUT2D eigenvalue weighted by atomic mass is 79.9. The molecule has 0 saturated heterocycles. The molecule has 0 bridgehead atoms. The molecule has 3 nitrogen and oxygen atoms in total. The van der Waals surface area contributed by atoms with Gasteiger partial charge in [0.15, 0.2) is 6.29 Å². The Morgan fingerprint density at radius 1 is 1.18 bits per heavy atom. The van der Waals surface area contributed by atoms with Crippen LogP contribution in [-0.4, -0.2) is 27.1 Å². The van der Waals surface area contributed by atoms with Gasteiger partial charge in [-0.15, -0.1) is 0 Å². The number of halogens is 1.